The summed E-state index contributed by atoms with van der Waals surface area (Å²) in [6, 6.07) is 0. The smallest absolute Gasteiger partial charge is 0.463 e. The van der Waals surface area contributed by atoms with Gasteiger partial charge in [-0.2, -0.15) is 5.06 Å². The average molecular weight is 627 g/mol. The highest BCUT2D eigenvalue weighted by Crippen LogP contribution is 2.32. The lowest BCUT2D eigenvalue weighted by molar-refractivity contribution is -1.07. The quantitative estimate of drug-likeness (QED) is 0.0251. The molecule has 0 heterocycles. The van der Waals surface area contributed by atoms with Gasteiger partial charge in [-0.3, -0.25) is 14.6 Å². The number of phosphoric acid groups is 1. The summed E-state index contributed by atoms with van der Waals surface area (Å²) in [6.45, 7) is 2.93. The summed E-state index contributed by atoms with van der Waals surface area (Å²) in [5, 5.41) is 20.2. The number of quaternary nitrogens is 1. The number of hydroxylamine groups is 2. The summed E-state index contributed by atoms with van der Waals surface area (Å²) < 4.78 is 26.2. The Bertz CT molecular complexity index is 660. The highest BCUT2D eigenvalue weighted by Gasteiger charge is 2.31. The van der Waals surface area contributed by atoms with Crippen LogP contribution in [0.5, 0.6) is 0 Å². The van der Waals surface area contributed by atoms with Gasteiger partial charge in [0.25, 0.3) is 0 Å². The summed E-state index contributed by atoms with van der Waals surface area (Å²) in [6.07, 6.45) is 18.1. The molecular weight excluding hydrogens is 565 g/mol. The van der Waals surface area contributed by atoms with Gasteiger partial charge >= 0.3 is 19.8 Å². The molecule has 0 aromatic rings. The monoisotopic (exact) mass is 626 g/mol. The Morgan fingerprint density at radius 2 is 1.05 bits per heavy atom. The van der Waals surface area contributed by atoms with E-state index in [1.807, 2.05) is 0 Å². The highest BCUT2D eigenvalue weighted by atomic mass is 31.2. The molecule has 2 atom stereocenters. The number of esters is 2. The molecule has 11 nitrogen and oxygen atoms in total. The van der Waals surface area contributed by atoms with E-state index in [0.29, 0.717) is 12.8 Å². The van der Waals surface area contributed by atoms with Crippen molar-refractivity contribution in [3.8, 4) is 0 Å². The predicted molar refractivity (Wildman–Crippen MR) is 161 cm³/mol. The molecule has 0 fully saturated rings. The van der Waals surface area contributed by atoms with Gasteiger partial charge in [0.2, 0.25) is 6.61 Å². The Labute approximate surface area is 253 Å². The third-order valence-electron chi connectivity index (χ3n) is 7.02. The maximum Gasteiger partial charge on any atom is 0.574 e. The van der Waals surface area contributed by atoms with Crippen LogP contribution in [0.4, 0.5) is 0 Å². The van der Waals surface area contributed by atoms with Gasteiger partial charge in [-0.15, -0.1) is 0 Å². The topological polar surface area (TPSA) is 167 Å². The largest absolute Gasteiger partial charge is 0.574 e. The van der Waals surface area contributed by atoms with Crippen molar-refractivity contribution >= 4 is 19.8 Å². The lowest BCUT2D eigenvalue weighted by atomic mass is 10.1. The van der Waals surface area contributed by atoms with Crippen molar-refractivity contribution in [3.63, 3.8) is 0 Å². The number of hydrogen-bond donors (Lipinski definition) is 5. The van der Waals surface area contributed by atoms with Gasteiger partial charge in [0.1, 0.15) is 32.2 Å². The van der Waals surface area contributed by atoms with Gasteiger partial charge in [0.05, 0.1) is 0 Å². The second-order valence-corrected chi connectivity index (χ2v) is 12.5. The summed E-state index contributed by atoms with van der Waals surface area (Å²) in [4.78, 5) is 42.4. The van der Waals surface area contributed by atoms with Crippen molar-refractivity contribution in [1.82, 2.24) is 0 Å². The van der Waals surface area contributed by atoms with Crippen LogP contribution in [0.15, 0.2) is 0 Å². The number of ether oxygens (including phenoxy) is 2. The first-order chi connectivity index (χ1) is 20.1. The molecule has 12 heteroatoms. The van der Waals surface area contributed by atoms with Gasteiger partial charge in [0, 0.05) is 11.2 Å². The van der Waals surface area contributed by atoms with Crippen LogP contribution in [0.2, 0.25) is 0 Å². The molecule has 0 unspecified atom stereocenters. The lowest BCUT2D eigenvalue weighted by Gasteiger charge is -2.21. The molecule has 0 saturated carbocycles. The van der Waals surface area contributed by atoms with E-state index < -0.39 is 32.0 Å². The number of hydrogen-bond acceptors (Lipinski definition) is 8. The van der Waals surface area contributed by atoms with Crippen LogP contribution >= 0.6 is 7.82 Å². The van der Waals surface area contributed by atoms with Crippen LogP contribution in [-0.2, 0) is 28.3 Å². The first-order valence-electron chi connectivity index (χ1n) is 16.3. The minimum atomic E-state index is -4.95. The van der Waals surface area contributed by atoms with Gasteiger partial charge in [-0.1, -0.05) is 121 Å². The van der Waals surface area contributed by atoms with Crippen LogP contribution in [-0.4, -0.2) is 70.4 Å². The van der Waals surface area contributed by atoms with Crippen LogP contribution in [0.1, 0.15) is 142 Å². The fourth-order valence-corrected chi connectivity index (χ4v) is 5.14. The van der Waals surface area contributed by atoms with E-state index in [-0.39, 0.29) is 44.2 Å². The van der Waals surface area contributed by atoms with Crippen molar-refractivity contribution in [2.75, 3.05) is 26.3 Å². The van der Waals surface area contributed by atoms with Crippen molar-refractivity contribution in [3.05, 3.63) is 0 Å². The molecule has 0 rings (SSSR count). The molecule has 42 heavy (non-hydrogen) atoms. The zero-order valence-electron chi connectivity index (χ0n) is 26.3. The normalized spacial score (nSPS) is 14.0. The van der Waals surface area contributed by atoms with E-state index in [1.54, 1.807) is 0 Å². The zero-order valence-corrected chi connectivity index (χ0v) is 27.2. The fraction of sp³-hybridized carbons (Fsp3) is 0.933. The summed E-state index contributed by atoms with van der Waals surface area (Å²) in [7, 11) is -4.95. The number of aliphatic hydroxyl groups excluding tert-OH is 2. The standard InChI is InChI=1S/C30H60NO10P/c1-3-5-7-9-11-13-15-17-19-21-29(34)39-25-27(32)23-31(41-42(36,37)38)24-28(33)26-40-30(35)22-20-18-16-14-12-10-8-6-4-2/h27-28,32-33H,3-26H2,1-2H3,(H2,36,37,38)/q+1/p+1/t27-,28-/m0/s1. The molecule has 0 aliphatic heterocycles. The SMILES string of the molecule is CCCCCCCCCCCC(=O)OC[C@@H](O)C[NH+](C[C@H](O)COC(=[O+])CCCCCCCCCCC)OP(=O)(O)O. The highest BCUT2D eigenvalue weighted by molar-refractivity contribution is 7.46. The maximum atomic E-state index is 12.0. The molecule has 0 bridgehead atoms. The van der Waals surface area contributed by atoms with Crippen molar-refractivity contribution in [2.45, 2.75) is 154 Å². The molecule has 249 valence electrons. The number of rotatable bonds is 30. The van der Waals surface area contributed by atoms with Gasteiger partial charge in [-0.25, -0.2) is 4.57 Å². The zero-order chi connectivity index (χ0) is 31.5. The van der Waals surface area contributed by atoms with Crippen LogP contribution in [0.3, 0.4) is 0 Å². The third kappa shape index (κ3) is 29.0. The minimum absolute atomic E-state index is 0.237. The van der Waals surface area contributed by atoms with Crippen LogP contribution in [0, 0.1) is 0 Å². The molecule has 0 spiro atoms. The number of aliphatic hydroxyl groups is 2. The van der Waals surface area contributed by atoms with E-state index in [0.717, 1.165) is 38.5 Å². The summed E-state index contributed by atoms with van der Waals surface area (Å²) in [5.41, 5.74) is 0. The van der Waals surface area contributed by atoms with E-state index in [2.05, 4.69) is 18.5 Å². The summed E-state index contributed by atoms with van der Waals surface area (Å²) >= 11 is 0. The Morgan fingerprint density at radius 1 is 0.667 bits per heavy atom. The molecule has 5 N–H and O–H groups in total. The van der Waals surface area contributed by atoms with Gasteiger partial charge in [-0.05, 0) is 12.8 Å². The van der Waals surface area contributed by atoms with Crippen molar-refractivity contribution in [2.24, 2.45) is 0 Å². The number of unbranched alkanes of at least 4 members (excludes halogenated alkanes) is 16. The second kappa shape index (κ2) is 27.5. The molecular formula is C30H61NO10P+2. The Hall–Kier alpha value is -1.07. The van der Waals surface area contributed by atoms with Gasteiger partial charge < -0.3 is 19.7 Å². The van der Waals surface area contributed by atoms with E-state index >= 15 is 0 Å². The Morgan fingerprint density at radius 3 is 1.48 bits per heavy atom. The predicted octanol–water partition coefficient (Wildman–Crippen LogP) is 4.55. The minimum Gasteiger partial charge on any atom is -0.463 e. The van der Waals surface area contributed by atoms with Gasteiger partial charge in [0.15, 0.2) is 6.10 Å². The average Bonchev–Trinajstić information content (AvgIpc) is 2.92. The molecule has 0 saturated heterocycles. The fourth-order valence-electron chi connectivity index (χ4n) is 4.65. The molecule has 1 radical (unpaired) electrons. The van der Waals surface area contributed by atoms with Crippen LogP contribution < -0.4 is 5.06 Å². The Kier molecular flexibility index (Phi) is 26.8. The second-order valence-electron chi connectivity index (χ2n) is 11.4. The number of nitrogens with one attached hydrogen (secondary N) is 1. The molecule has 0 aromatic heterocycles. The molecule has 0 amide bonds. The van der Waals surface area contributed by atoms with Crippen molar-refractivity contribution < 1.29 is 53.3 Å². The van der Waals surface area contributed by atoms with Crippen molar-refractivity contribution in [1.29, 1.82) is 0 Å². The van der Waals surface area contributed by atoms with E-state index in [1.165, 1.54) is 64.2 Å². The number of carbonyl (C=O) groups excluding carboxylic acids is 2. The molecule has 0 aliphatic carbocycles. The lowest BCUT2D eigenvalue weighted by Crippen LogP contribution is -3.13. The van der Waals surface area contributed by atoms with E-state index in [4.69, 9.17) is 9.47 Å². The maximum absolute atomic E-state index is 12.0. The molecule has 0 aromatic carbocycles. The molecule has 0 aliphatic rings. The first-order valence-corrected chi connectivity index (χ1v) is 17.9. The third-order valence-corrected chi connectivity index (χ3v) is 7.51. The first kappa shape index (κ1) is 40.9. The van der Waals surface area contributed by atoms with Crippen LogP contribution in [0.25, 0.3) is 0 Å². The van der Waals surface area contributed by atoms with E-state index in [9.17, 15) is 34.2 Å². The summed E-state index contributed by atoms with van der Waals surface area (Å²) in [5.74, 6) is -0.901. The number of carbonyl (C=O) groups is 2. The Balaban J connectivity index is 4.17.